The second kappa shape index (κ2) is 7.81. The van der Waals surface area contributed by atoms with Crippen LogP contribution in [-0.2, 0) is 0 Å². The summed E-state index contributed by atoms with van der Waals surface area (Å²) >= 11 is 0. The number of hydrogen-bond donors (Lipinski definition) is 1. The van der Waals surface area contributed by atoms with Gasteiger partial charge in [0.1, 0.15) is 0 Å². The van der Waals surface area contributed by atoms with Crippen molar-refractivity contribution in [2.45, 2.75) is 33.1 Å². The van der Waals surface area contributed by atoms with Crippen LogP contribution in [0.3, 0.4) is 0 Å². The first-order valence-electron chi connectivity index (χ1n) is 4.73. The van der Waals surface area contributed by atoms with Crippen molar-refractivity contribution in [1.82, 2.24) is 0 Å². The summed E-state index contributed by atoms with van der Waals surface area (Å²) in [5.74, 6) is 0. The van der Waals surface area contributed by atoms with E-state index in [1.54, 1.807) is 0 Å². The van der Waals surface area contributed by atoms with E-state index < -0.39 is 0 Å². The van der Waals surface area contributed by atoms with Gasteiger partial charge in [0, 0.05) is 0 Å². The Labute approximate surface area is 81.5 Å². The standard InChI is InChI=1S/C12H20O/c1-4-6-11(2)7-5-8-12(3)9-10-13/h4,7,9,13H,1,5-6,8,10H2,2-3H3/b11-7?,12-9+. The minimum Gasteiger partial charge on any atom is -0.392 e. The Morgan fingerprint density at radius 1 is 1.23 bits per heavy atom. The molecule has 0 saturated carbocycles. The topological polar surface area (TPSA) is 20.2 Å². The van der Waals surface area contributed by atoms with Crippen molar-refractivity contribution in [3.63, 3.8) is 0 Å². The molecule has 0 spiro atoms. The van der Waals surface area contributed by atoms with Crippen molar-refractivity contribution < 1.29 is 5.11 Å². The number of aliphatic hydroxyl groups is 1. The SMILES string of the molecule is C=CCC(C)=CCC/C(C)=C/CO. The van der Waals surface area contributed by atoms with Gasteiger partial charge in [-0.3, -0.25) is 0 Å². The van der Waals surface area contributed by atoms with Crippen LogP contribution in [-0.4, -0.2) is 11.7 Å². The molecular weight excluding hydrogens is 160 g/mol. The summed E-state index contributed by atoms with van der Waals surface area (Å²) in [6, 6.07) is 0. The summed E-state index contributed by atoms with van der Waals surface area (Å²) in [5.41, 5.74) is 2.62. The van der Waals surface area contributed by atoms with Gasteiger partial charge < -0.3 is 5.11 Å². The fourth-order valence-electron chi connectivity index (χ4n) is 1.12. The van der Waals surface area contributed by atoms with Crippen LogP contribution in [0.2, 0.25) is 0 Å². The fraction of sp³-hybridized carbons (Fsp3) is 0.500. The predicted molar refractivity (Wildman–Crippen MR) is 58.6 cm³/mol. The van der Waals surface area contributed by atoms with Gasteiger partial charge in [0.2, 0.25) is 0 Å². The Morgan fingerprint density at radius 2 is 1.92 bits per heavy atom. The third kappa shape index (κ3) is 7.54. The van der Waals surface area contributed by atoms with Crippen LogP contribution in [0.25, 0.3) is 0 Å². The molecule has 0 amide bonds. The van der Waals surface area contributed by atoms with Crippen LogP contribution < -0.4 is 0 Å². The lowest BCUT2D eigenvalue weighted by molar-refractivity contribution is 0.341. The number of allylic oxidation sites excluding steroid dienone is 4. The van der Waals surface area contributed by atoms with E-state index in [0.29, 0.717) is 0 Å². The molecule has 0 aromatic rings. The highest BCUT2D eigenvalue weighted by molar-refractivity contribution is 5.05. The van der Waals surface area contributed by atoms with Crippen molar-refractivity contribution in [3.05, 3.63) is 36.0 Å². The highest BCUT2D eigenvalue weighted by Gasteiger charge is 1.88. The van der Waals surface area contributed by atoms with Gasteiger partial charge >= 0.3 is 0 Å². The van der Waals surface area contributed by atoms with Crippen LogP contribution in [0.5, 0.6) is 0 Å². The smallest absolute Gasteiger partial charge is 0.0614 e. The lowest BCUT2D eigenvalue weighted by atomic mass is 10.1. The molecule has 0 aliphatic rings. The maximum absolute atomic E-state index is 8.62. The van der Waals surface area contributed by atoms with Gasteiger partial charge in [0.25, 0.3) is 0 Å². The number of rotatable bonds is 6. The summed E-state index contributed by atoms with van der Waals surface area (Å²) in [7, 11) is 0. The van der Waals surface area contributed by atoms with Crippen LogP contribution >= 0.6 is 0 Å². The van der Waals surface area contributed by atoms with Gasteiger partial charge in [-0.25, -0.2) is 0 Å². The summed E-state index contributed by atoms with van der Waals surface area (Å²) in [6.45, 7) is 8.01. The average Bonchev–Trinajstić information content (AvgIpc) is 2.05. The normalized spacial score (nSPS) is 13.2. The van der Waals surface area contributed by atoms with Gasteiger partial charge in [-0.05, 0) is 33.1 Å². The molecule has 0 fully saturated rings. The molecule has 1 nitrogen and oxygen atoms in total. The molecular formula is C12H20O. The lowest BCUT2D eigenvalue weighted by Gasteiger charge is -1.98. The summed E-state index contributed by atoms with van der Waals surface area (Å²) < 4.78 is 0. The minimum atomic E-state index is 0.154. The molecule has 0 unspecified atom stereocenters. The lowest BCUT2D eigenvalue weighted by Crippen LogP contribution is -1.81. The van der Waals surface area contributed by atoms with E-state index in [0.717, 1.165) is 19.3 Å². The molecule has 1 heteroatoms. The third-order valence-electron chi connectivity index (χ3n) is 1.94. The van der Waals surface area contributed by atoms with Crippen LogP contribution in [0.1, 0.15) is 33.1 Å². The van der Waals surface area contributed by atoms with Gasteiger partial charge in [-0.15, -0.1) is 6.58 Å². The molecule has 1 N–H and O–H groups in total. The van der Waals surface area contributed by atoms with E-state index in [2.05, 4.69) is 19.6 Å². The molecule has 0 aliphatic carbocycles. The molecule has 0 rings (SSSR count). The van der Waals surface area contributed by atoms with Gasteiger partial charge in [-0.2, -0.15) is 0 Å². The maximum atomic E-state index is 8.62. The average molecular weight is 180 g/mol. The Kier molecular flexibility index (Phi) is 7.32. The van der Waals surface area contributed by atoms with Crippen LogP contribution in [0.4, 0.5) is 0 Å². The summed E-state index contributed by atoms with van der Waals surface area (Å²) in [6.07, 6.45) is 9.08. The van der Waals surface area contributed by atoms with Crippen molar-refractivity contribution in [1.29, 1.82) is 0 Å². The van der Waals surface area contributed by atoms with Crippen LogP contribution in [0.15, 0.2) is 36.0 Å². The molecule has 0 aliphatic heterocycles. The summed E-state index contributed by atoms with van der Waals surface area (Å²) in [5, 5.41) is 8.62. The quantitative estimate of drug-likeness (QED) is 0.622. The molecule has 0 radical (unpaired) electrons. The van der Waals surface area contributed by atoms with Crippen molar-refractivity contribution >= 4 is 0 Å². The number of aliphatic hydroxyl groups excluding tert-OH is 1. The van der Waals surface area contributed by atoms with E-state index in [1.807, 2.05) is 19.1 Å². The largest absolute Gasteiger partial charge is 0.392 e. The highest BCUT2D eigenvalue weighted by Crippen LogP contribution is 2.08. The molecule has 0 saturated heterocycles. The summed E-state index contributed by atoms with van der Waals surface area (Å²) in [4.78, 5) is 0. The zero-order valence-corrected chi connectivity index (χ0v) is 8.71. The Balaban J connectivity index is 3.71. The molecule has 0 atom stereocenters. The van der Waals surface area contributed by atoms with E-state index in [4.69, 9.17) is 5.11 Å². The van der Waals surface area contributed by atoms with Crippen LogP contribution in [0, 0.1) is 0 Å². The van der Waals surface area contributed by atoms with Gasteiger partial charge in [0.15, 0.2) is 0 Å². The molecule has 0 heterocycles. The zero-order chi connectivity index (χ0) is 10.1. The second-order valence-corrected chi connectivity index (χ2v) is 3.32. The molecule has 74 valence electrons. The third-order valence-corrected chi connectivity index (χ3v) is 1.94. The first kappa shape index (κ1) is 12.2. The minimum absolute atomic E-state index is 0.154. The zero-order valence-electron chi connectivity index (χ0n) is 8.71. The Morgan fingerprint density at radius 3 is 2.46 bits per heavy atom. The first-order valence-corrected chi connectivity index (χ1v) is 4.73. The molecule has 13 heavy (non-hydrogen) atoms. The first-order chi connectivity index (χ1) is 6.20. The van der Waals surface area contributed by atoms with Crippen molar-refractivity contribution in [2.75, 3.05) is 6.61 Å². The van der Waals surface area contributed by atoms with E-state index in [9.17, 15) is 0 Å². The Hall–Kier alpha value is -0.820. The fourth-order valence-corrected chi connectivity index (χ4v) is 1.12. The van der Waals surface area contributed by atoms with E-state index in [-0.39, 0.29) is 6.61 Å². The monoisotopic (exact) mass is 180 g/mol. The van der Waals surface area contributed by atoms with Gasteiger partial charge in [-0.1, -0.05) is 29.4 Å². The van der Waals surface area contributed by atoms with Crippen molar-refractivity contribution in [3.8, 4) is 0 Å². The second-order valence-electron chi connectivity index (χ2n) is 3.32. The van der Waals surface area contributed by atoms with Gasteiger partial charge in [0.05, 0.1) is 6.61 Å². The van der Waals surface area contributed by atoms with E-state index >= 15 is 0 Å². The number of hydrogen-bond acceptors (Lipinski definition) is 1. The predicted octanol–water partition coefficient (Wildman–Crippen LogP) is 3.23. The Bertz CT molecular complexity index is 199. The highest BCUT2D eigenvalue weighted by atomic mass is 16.2. The molecule has 0 aromatic carbocycles. The molecule has 0 bridgehead atoms. The van der Waals surface area contributed by atoms with E-state index in [1.165, 1.54) is 11.1 Å². The van der Waals surface area contributed by atoms with Crippen molar-refractivity contribution in [2.24, 2.45) is 0 Å². The maximum Gasteiger partial charge on any atom is 0.0614 e. The molecule has 0 aromatic heterocycles.